The molecule has 1 rings (SSSR count). The van der Waals surface area contributed by atoms with E-state index in [1.165, 1.54) is 0 Å². The summed E-state index contributed by atoms with van der Waals surface area (Å²) < 4.78 is 1.72. The third-order valence-electron chi connectivity index (χ3n) is 2.75. The summed E-state index contributed by atoms with van der Waals surface area (Å²) in [5.41, 5.74) is 6.13. The summed E-state index contributed by atoms with van der Waals surface area (Å²) in [6, 6.07) is 0. The molecule has 1 aromatic heterocycles. The number of hydrogen-bond acceptors (Lipinski definition) is 3. The molecule has 2 N–H and O–H groups in total. The molecule has 0 fully saturated rings. The van der Waals surface area contributed by atoms with Crippen LogP contribution in [0.4, 0.5) is 0 Å². The highest BCUT2D eigenvalue weighted by molar-refractivity contribution is 5.85. The number of nitrogens with two attached hydrogens (primary N) is 1. The zero-order chi connectivity index (χ0) is 12.3. The van der Waals surface area contributed by atoms with Gasteiger partial charge in [0, 0.05) is 32.4 Å². The monoisotopic (exact) mass is 224 g/mol. The summed E-state index contributed by atoms with van der Waals surface area (Å²) in [4.78, 5) is 13.6. The largest absolute Gasteiger partial charge is 0.340 e. The van der Waals surface area contributed by atoms with Crippen LogP contribution in [0.2, 0.25) is 0 Å². The predicted molar refractivity (Wildman–Crippen MR) is 62.6 cm³/mol. The van der Waals surface area contributed by atoms with Crippen LogP contribution in [-0.2, 0) is 18.4 Å². The van der Waals surface area contributed by atoms with Gasteiger partial charge in [-0.2, -0.15) is 5.10 Å². The van der Waals surface area contributed by atoms with Crippen molar-refractivity contribution in [2.24, 2.45) is 12.8 Å². The number of nitrogens with zero attached hydrogens (tertiary/aromatic N) is 3. The van der Waals surface area contributed by atoms with E-state index in [1.807, 2.05) is 20.2 Å². The van der Waals surface area contributed by atoms with Crippen LogP contribution >= 0.6 is 0 Å². The summed E-state index contributed by atoms with van der Waals surface area (Å²) in [5.74, 6) is -0.0427. The molecule has 0 aliphatic carbocycles. The van der Waals surface area contributed by atoms with Crippen molar-refractivity contribution in [2.75, 3.05) is 7.05 Å². The van der Waals surface area contributed by atoms with E-state index in [1.54, 1.807) is 29.7 Å². The van der Waals surface area contributed by atoms with Gasteiger partial charge in [-0.05, 0) is 13.3 Å². The summed E-state index contributed by atoms with van der Waals surface area (Å²) in [7, 11) is 3.61. The Morgan fingerprint density at radius 1 is 1.69 bits per heavy atom. The standard InChI is InChI=1S/C11H20N4O/c1-5-11(2,12)10(16)14(3)7-9-6-13-15(4)8-9/h6,8H,5,7,12H2,1-4H3. The third kappa shape index (κ3) is 2.82. The molecule has 5 nitrogen and oxygen atoms in total. The first-order valence-electron chi connectivity index (χ1n) is 5.39. The topological polar surface area (TPSA) is 64.2 Å². The SMILES string of the molecule is CCC(C)(N)C(=O)N(C)Cc1cnn(C)c1. The average molecular weight is 224 g/mol. The maximum Gasteiger partial charge on any atom is 0.242 e. The van der Waals surface area contributed by atoms with Crippen molar-refractivity contribution >= 4 is 5.91 Å². The van der Waals surface area contributed by atoms with Gasteiger partial charge in [0.25, 0.3) is 0 Å². The predicted octanol–water partition coefficient (Wildman–Crippen LogP) is 0.506. The highest BCUT2D eigenvalue weighted by atomic mass is 16.2. The molecule has 90 valence electrons. The number of amides is 1. The van der Waals surface area contributed by atoms with Crippen molar-refractivity contribution in [3.8, 4) is 0 Å². The summed E-state index contributed by atoms with van der Waals surface area (Å²) in [6.07, 6.45) is 4.27. The Bertz CT molecular complexity index is 370. The lowest BCUT2D eigenvalue weighted by atomic mass is 9.99. The van der Waals surface area contributed by atoms with Crippen molar-refractivity contribution in [3.63, 3.8) is 0 Å². The van der Waals surface area contributed by atoms with Crippen molar-refractivity contribution in [1.29, 1.82) is 0 Å². The second kappa shape index (κ2) is 4.65. The first-order chi connectivity index (χ1) is 7.36. The summed E-state index contributed by atoms with van der Waals surface area (Å²) in [5, 5.41) is 4.06. The molecule has 1 amide bonds. The average Bonchev–Trinajstić information content (AvgIpc) is 2.62. The Balaban J connectivity index is 2.65. The molecule has 0 aliphatic rings. The van der Waals surface area contributed by atoms with E-state index in [2.05, 4.69) is 5.10 Å². The molecule has 5 heteroatoms. The Hall–Kier alpha value is -1.36. The third-order valence-corrected chi connectivity index (χ3v) is 2.75. The minimum atomic E-state index is -0.781. The molecule has 1 aromatic rings. The molecule has 16 heavy (non-hydrogen) atoms. The zero-order valence-corrected chi connectivity index (χ0v) is 10.4. The lowest BCUT2D eigenvalue weighted by Crippen LogP contribution is -2.51. The number of carbonyl (C=O) groups excluding carboxylic acids is 1. The lowest BCUT2D eigenvalue weighted by Gasteiger charge is -2.27. The molecular weight excluding hydrogens is 204 g/mol. The van der Waals surface area contributed by atoms with E-state index in [4.69, 9.17) is 5.73 Å². The second-order valence-electron chi connectivity index (χ2n) is 4.45. The minimum Gasteiger partial charge on any atom is -0.340 e. The van der Waals surface area contributed by atoms with Crippen LogP contribution in [0.25, 0.3) is 0 Å². The van der Waals surface area contributed by atoms with Crippen LogP contribution in [0, 0.1) is 0 Å². The van der Waals surface area contributed by atoms with Gasteiger partial charge in [0.1, 0.15) is 0 Å². The molecule has 1 unspecified atom stereocenters. The molecule has 0 radical (unpaired) electrons. The molecule has 0 bridgehead atoms. The van der Waals surface area contributed by atoms with Gasteiger partial charge in [0.05, 0.1) is 11.7 Å². The van der Waals surface area contributed by atoms with Gasteiger partial charge in [-0.25, -0.2) is 0 Å². The van der Waals surface area contributed by atoms with E-state index >= 15 is 0 Å². The van der Waals surface area contributed by atoms with Gasteiger partial charge < -0.3 is 10.6 Å². The molecule has 0 saturated carbocycles. The van der Waals surface area contributed by atoms with Gasteiger partial charge >= 0.3 is 0 Å². The second-order valence-corrected chi connectivity index (χ2v) is 4.45. The first kappa shape index (κ1) is 12.7. The van der Waals surface area contributed by atoms with Crippen LogP contribution in [-0.4, -0.2) is 33.2 Å². The number of aromatic nitrogens is 2. The first-order valence-corrected chi connectivity index (χ1v) is 5.39. The Morgan fingerprint density at radius 3 is 2.75 bits per heavy atom. The van der Waals surface area contributed by atoms with E-state index in [9.17, 15) is 4.79 Å². The van der Waals surface area contributed by atoms with Gasteiger partial charge in [-0.1, -0.05) is 6.92 Å². The van der Waals surface area contributed by atoms with E-state index in [0.29, 0.717) is 13.0 Å². The van der Waals surface area contributed by atoms with Crippen molar-refractivity contribution in [3.05, 3.63) is 18.0 Å². The van der Waals surface area contributed by atoms with Crippen molar-refractivity contribution in [1.82, 2.24) is 14.7 Å². The number of aryl methyl sites for hydroxylation is 1. The number of hydrogen-bond donors (Lipinski definition) is 1. The summed E-state index contributed by atoms with van der Waals surface area (Å²) in [6.45, 7) is 4.21. The molecule has 0 spiro atoms. The van der Waals surface area contributed by atoms with Gasteiger partial charge in [0.15, 0.2) is 0 Å². The molecule has 0 aliphatic heterocycles. The molecule has 0 saturated heterocycles. The molecule has 1 atom stereocenters. The van der Waals surface area contributed by atoms with Crippen LogP contribution in [0.5, 0.6) is 0 Å². The van der Waals surface area contributed by atoms with Crippen LogP contribution in [0.1, 0.15) is 25.8 Å². The number of likely N-dealkylation sites (N-methyl/N-ethyl adjacent to an activating group) is 1. The number of rotatable bonds is 4. The fraction of sp³-hybridized carbons (Fsp3) is 0.636. The van der Waals surface area contributed by atoms with Crippen LogP contribution in [0.15, 0.2) is 12.4 Å². The Morgan fingerprint density at radius 2 is 2.31 bits per heavy atom. The van der Waals surface area contributed by atoms with E-state index in [-0.39, 0.29) is 5.91 Å². The smallest absolute Gasteiger partial charge is 0.242 e. The minimum absolute atomic E-state index is 0.0427. The summed E-state index contributed by atoms with van der Waals surface area (Å²) >= 11 is 0. The van der Waals surface area contributed by atoms with Crippen molar-refractivity contribution in [2.45, 2.75) is 32.4 Å². The number of carbonyl (C=O) groups is 1. The fourth-order valence-corrected chi connectivity index (χ4v) is 1.49. The van der Waals surface area contributed by atoms with E-state index in [0.717, 1.165) is 5.56 Å². The molecule has 0 aromatic carbocycles. The zero-order valence-electron chi connectivity index (χ0n) is 10.4. The molecular formula is C11H20N4O. The maximum absolute atomic E-state index is 12.0. The normalized spacial score (nSPS) is 14.6. The van der Waals surface area contributed by atoms with Gasteiger partial charge in [-0.3, -0.25) is 9.48 Å². The van der Waals surface area contributed by atoms with Crippen molar-refractivity contribution < 1.29 is 4.79 Å². The molecule has 1 heterocycles. The Kier molecular flexibility index (Phi) is 3.70. The van der Waals surface area contributed by atoms with Gasteiger partial charge in [-0.15, -0.1) is 0 Å². The van der Waals surface area contributed by atoms with E-state index < -0.39 is 5.54 Å². The van der Waals surface area contributed by atoms with Gasteiger partial charge in [0.2, 0.25) is 5.91 Å². The lowest BCUT2D eigenvalue weighted by molar-refractivity contribution is -0.135. The Labute approximate surface area is 96.2 Å². The highest BCUT2D eigenvalue weighted by Crippen LogP contribution is 2.11. The quantitative estimate of drug-likeness (QED) is 0.810. The highest BCUT2D eigenvalue weighted by Gasteiger charge is 2.29. The fourth-order valence-electron chi connectivity index (χ4n) is 1.49. The van der Waals surface area contributed by atoms with Crippen LogP contribution < -0.4 is 5.73 Å². The maximum atomic E-state index is 12.0. The van der Waals surface area contributed by atoms with Crippen LogP contribution in [0.3, 0.4) is 0 Å².